The van der Waals surface area contributed by atoms with Gasteiger partial charge in [0.15, 0.2) is 0 Å². The molecular weight excluding hydrogens is 360 g/mol. The molecule has 1 amide bonds. The topological polar surface area (TPSA) is 50.6 Å². The molecule has 2 aromatic rings. The SMILES string of the molecule is C[C@H]1Cc2ccccc2N1C(=O)Cc1nc(N2CCOCC2)cc(=S)n1C. The average Bonchev–Trinajstić information content (AvgIpc) is 3.01. The van der Waals surface area contributed by atoms with E-state index in [1.807, 2.05) is 40.8 Å². The van der Waals surface area contributed by atoms with E-state index in [4.69, 9.17) is 21.9 Å². The smallest absolute Gasteiger partial charge is 0.234 e. The fourth-order valence-corrected chi connectivity index (χ4v) is 4.06. The molecule has 2 aliphatic rings. The van der Waals surface area contributed by atoms with Crippen molar-refractivity contribution < 1.29 is 9.53 Å². The van der Waals surface area contributed by atoms with Crippen LogP contribution in [0.3, 0.4) is 0 Å². The van der Waals surface area contributed by atoms with Crippen molar-refractivity contribution in [2.24, 2.45) is 7.05 Å². The third-order valence-electron chi connectivity index (χ3n) is 5.33. The lowest BCUT2D eigenvalue weighted by Gasteiger charge is -2.28. The largest absolute Gasteiger partial charge is 0.378 e. The fraction of sp³-hybridized carbons (Fsp3) is 0.450. The second-order valence-corrected chi connectivity index (χ2v) is 7.57. The van der Waals surface area contributed by atoms with E-state index in [0.29, 0.717) is 23.7 Å². The number of morpholine rings is 1. The van der Waals surface area contributed by atoms with Gasteiger partial charge in [-0.2, -0.15) is 0 Å². The van der Waals surface area contributed by atoms with Gasteiger partial charge in [0, 0.05) is 37.9 Å². The summed E-state index contributed by atoms with van der Waals surface area (Å²) >= 11 is 5.51. The maximum Gasteiger partial charge on any atom is 0.234 e. The van der Waals surface area contributed by atoms with Gasteiger partial charge in [0.25, 0.3) is 0 Å². The summed E-state index contributed by atoms with van der Waals surface area (Å²) in [6.45, 7) is 5.05. The summed E-state index contributed by atoms with van der Waals surface area (Å²) in [4.78, 5) is 22.0. The van der Waals surface area contributed by atoms with E-state index in [-0.39, 0.29) is 18.4 Å². The molecule has 142 valence electrons. The van der Waals surface area contributed by atoms with Crippen molar-refractivity contribution in [3.8, 4) is 0 Å². The Hall–Kier alpha value is -2.25. The Labute approximate surface area is 164 Å². The van der Waals surface area contributed by atoms with Gasteiger partial charge in [-0.1, -0.05) is 30.4 Å². The van der Waals surface area contributed by atoms with Gasteiger partial charge in [-0.15, -0.1) is 0 Å². The molecule has 3 heterocycles. The number of hydrogen-bond acceptors (Lipinski definition) is 5. The summed E-state index contributed by atoms with van der Waals surface area (Å²) in [6.07, 6.45) is 1.12. The molecule has 1 aromatic carbocycles. The van der Waals surface area contributed by atoms with Gasteiger partial charge >= 0.3 is 0 Å². The Bertz CT molecular complexity index is 920. The van der Waals surface area contributed by atoms with Crippen LogP contribution in [-0.4, -0.2) is 47.8 Å². The molecule has 6 nitrogen and oxygen atoms in total. The summed E-state index contributed by atoms with van der Waals surface area (Å²) in [7, 11) is 1.88. The second-order valence-electron chi connectivity index (χ2n) is 7.15. The number of rotatable bonds is 3. The molecule has 1 atom stereocenters. The second kappa shape index (κ2) is 7.40. The fourth-order valence-electron chi connectivity index (χ4n) is 3.85. The highest BCUT2D eigenvalue weighted by Gasteiger charge is 2.31. The van der Waals surface area contributed by atoms with Crippen LogP contribution in [0, 0.1) is 4.64 Å². The first-order valence-electron chi connectivity index (χ1n) is 9.34. The van der Waals surface area contributed by atoms with Crippen molar-refractivity contribution in [2.75, 3.05) is 36.1 Å². The van der Waals surface area contributed by atoms with Crippen molar-refractivity contribution in [3.05, 3.63) is 46.4 Å². The van der Waals surface area contributed by atoms with Crippen LogP contribution < -0.4 is 9.80 Å². The number of ether oxygens (including phenoxy) is 1. The number of benzene rings is 1. The first-order chi connectivity index (χ1) is 13.0. The van der Waals surface area contributed by atoms with Gasteiger partial charge in [-0.3, -0.25) is 4.79 Å². The summed E-state index contributed by atoms with van der Waals surface area (Å²) < 4.78 is 7.94. The average molecular weight is 385 g/mol. The molecule has 0 aliphatic carbocycles. The number of nitrogens with zero attached hydrogens (tertiary/aromatic N) is 4. The molecular formula is C20H24N4O2S. The highest BCUT2D eigenvalue weighted by atomic mass is 32.1. The van der Waals surface area contributed by atoms with Crippen LogP contribution >= 0.6 is 12.2 Å². The Kier molecular flexibility index (Phi) is 4.97. The predicted molar refractivity (Wildman–Crippen MR) is 108 cm³/mol. The van der Waals surface area contributed by atoms with E-state index < -0.39 is 0 Å². The normalized spacial score (nSPS) is 19.3. The molecule has 0 radical (unpaired) electrons. The number of amides is 1. The van der Waals surface area contributed by atoms with Crippen LogP contribution in [0.25, 0.3) is 0 Å². The molecule has 1 saturated heterocycles. The zero-order valence-corrected chi connectivity index (χ0v) is 16.5. The van der Waals surface area contributed by atoms with E-state index in [2.05, 4.69) is 17.9 Å². The molecule has 0 bridgehead atoms. The van der Waals surface area contributed by atoms with Crippen LogP contribution in [-0.2, 0) is 29.4 Å². The summed E-state index contributed by atoms with van der Waals surface area (Å²) in [6, 6.07) is 10.2. The Balaban J connectivity index is 1.61. The molecule has 4 rings (SSSR count). The minimum absolute atomic E-state index is 0.0593. The molecule has 7 heteroatoms. The number of carbonyl (C=O) groups excluding carboxylic acids is 1. The van der Waals surface area contributed by atoms with Gasteiger partial charge in [-0.25, -0.2) is 4.98 Å². The first kappa shape index (κ1) is 18.1. The summed E-state index contributed by atoms with van der Waals surface area (Å²) in [5, 5.41) is 0. The van der Waals surface area contributed by atoms with Crippen LogP contribution in [0.2, 0.25) is 0 Å². The maximum atomic E-state index is 13.1. The number of anilines is 2. The van der Waals surface area contributed by atoms with Gasteiger partial charge in [0.2, 0.25) is 5.91 Å². The molecule has 1 aromatic heterocycles. The molecule has 2 aliphatic heterocycles. The predicted octanol–water partition coefficient (Wildman–Crippen LogP) is 2.51. The van der Waals surface area contributed by atoms with Crippen molar-refractivity contribution in [1.29, 1.82) is 0 Å². The van der Waals surface area contributed by atoms with E-state index in [1.54, 1.807) is 0 Å². The minimum Gasteiger partial charge on any atom is -0.378 e. The van der Waals surface area contributed by atoms with Gasteiger partial charge in [0.1, 0.15) is 16.3 Å². The van der Waals surface area contributed by atoms with E-state index in [0.717, 1.165) is 31.0 Å². The number of aromatic nitrogens is 2. The zero-order chi connectivity index (χ0) is 19.0. The standard InChI is InChI=1S/C20H24N4O2S/c1-14-11-15-5-3-4-6-16(15)24(14)19(25)12-17-21-18(13-20(27)22(17)2)23-7-9-26-10-8-23/h3-6,13-14H,7-12H2,1-2H3/t14-/m0/s1. The molecule has 0 unspecified atom stereocenters. The van der Waals surface area contributed by atoms with Crippen LogP contribution in [0.5, 0.6) is 0 Å². The van der Waals surface area contributed by atoms with Crippen molar-refractivity contribution in [2.45, 2.75) is 25.8 Å². The third kappa shape index (κ3) is 3.49. The monoisotopic (exact) mass is 384 g/mol. The number of carbonyl (C=O) groups is 1. The summed E-state index contributed by atoms with van der Waals surface area (Å²) in [5.74, 6) is 1.59. The maximum absolute atomic E-state index is 13.1. The number of fused-ring (bicyclic) bond motifs is 1. The highest BCUT2D eigenvalue weighted by Crippen LogP contribution is 2.32. The van der Waals surface area contributed by atoms with Gasteiger partial charge in [0.05, 0.1) is 19.6 Å². The Morgan fingerprint density at radius 2 is 2.04 bits per heavy atom. The molecule has 0 saturated carbocycles. The lowest BCUT2D eigenvalue weighted by atomic mass is 10.1. The molecule has 0 N–H and O–H groups in total. The Morgan fingerprint density at radius 3 is 2.81 bits per heavy atom. The van der Waals surface area contributed by atoms with E-state index in [1.165, 1.54) is 5.56 Å². The first-order valence-corrected chi connectivity index (χ1v) is 9.75. The minimum atomic E-state index is 0.0593. The molecule has 0 spiro atoms. The quantitative estimate of drug-likeness (QED) is 0.761. The highest BCUT2D eigenvalue weighted by molar-refractivity contribution is 7.71. The van der Waals surface area contributed by atoms with Crippen molar-refractivity contribution in [1.82, 2.24) is 9.55 Å². The van der Waals surface area contributed by atoms with Gasteiger partial charge in [-0.05, 0) is 25.0 Å². The van der Waals surface area contributed by atoms with E-state index >= 15 is 0 Å². The number of para-hydroxylation sites is 1. The number of hydrogen-bond donors (Lipinski definition) is 0. The van der Waals surface area contributed by atoms with Crippen molar-refractivity contribution in [3.63, 3.8) is 0 Å². The van der Waals surface area contributed by atoms with Crippen LogP contribution in [0.1, 0.15) is 18.3 Å². The van der Waals surface area contributed by atoms with E-state index in [9.17, 15) is 4.79 Å². The molecule has 27 heavy (non-hydrogen) atoms. The van der Waals surface area contributed by atoms with Crippen LogP contribution in [0.4, 0.5) is 11.5 Å². The zero-order valence-electron chi connectivity index (χ0n) is 15.7. The van der Waals surface area contributed by atoms with Crippen LogP contribution in [0.15, 0.2) is 30.3 Å². The van der Waals surface area contributed by atoms with Gasteiger partial charge < -0.3 is 19.1 Å². The van der Waals surface area contributed by atoms with Crippen molar-refractivity contribution >= 4 is 29.6 Å². The summed E-state index contributed by atoms with van der Waals surface area (Å²) in [5.41, 5.74) is 2.24. The lowest BCUT2D eigenvalue weighted by Crippen LogP contribution is -2.38. The molecule has 1 fully saturated rings. The Morgan fingerprint density at radius 1 is 1.30 bits per heavy atom. The third-order valence-corrected chi connectivity index (χ3v) is 5.73. The lowest BCUT2D eigenvalue weighted by molar-refractivity contribution is -0.118.